The molecule has 0 saturated heterocycles. The molecular formula is C24H19F5. The molecule has 3 aromatic rings. The quantitative estimate of drug-likeness (QED) is 0.228. The van der Waals surface area contributed by atoms with Gasteiger partial charge in [0.05, 0.1) is 0 Å². The Balaban J connectivity index is 1.73. The summed E-state index contributed by atoms with van der Waals surface area (Å²) in [5, 5.41) is 0. The smallest absolute Gasteiger partial charge is 0.194 e. The Bertz CT molecular complexity index is 999. The summed E-state index contributed by atoms with van der Waals surface area (Å²) in [6, 6.07) is 11.9. The second kappa shape index (κ2) is 9.03. The molecule has 0 unspecified atom stereocenters. The Morgan fingerprint density at radius 2 is 1.28 bits per heavy atom. The van der Waals surface area contributed by atoms with Gasteiger partial charge in [0, 0.05) is 5.56 Å². The van der Waals surface area contributed by atoms with Crippen LogP contribution in [0.5, 0.6) is 0 Å². The molecule has 0 N–H and O–H groups in total. The van der Waals surface area contributed by atoms with Crippen molar-refractivity contribution in [2.45, 2.75) is 25.7 Å². The fourth-order valence-electron chi connectivity index (χ4n) is 3.16. The average Bonchev–Trinajstić information content (AvgIpc) is 2.72. The van der Waals surface area contributed by atoms with Crippen molar-refractivity contribution in [3.8, 4) is 11.1 Å². The molecule has 0 bridgehead atoms. The lowest BCUT2D eigenvalue weighted by Gasteiger charge is -2.09. The molecule has 3 rings (SSSR count). The summed E-state index contributed by atoms with van der Waals surface area (Å²) >= 11 is 0. The molecule has 0 aliphatic carbocycles. The molecule has 0 aromatic heterocycles. The number of benzene rings is 3. The number of allylic oxidation sites excluding steroid dienone is 1. The van der Waals surface area contributed by atoms with Gasteiger partial charge in [-0.3, -0.25) is 0 Å². The van der Waals surface area contributed by atoms with Gasteiger partial charge in [0.2, 0.25) is 0 Å². The van der Waals surface area contributed by atoms with Gasteiger partial charge in [-0.25, -0.2) is 22.0 Å². The van der Waals surface area contributed by atoms with Crippen LogP contribution in [0.4, 0.5) is 22.0 Å². The zero-order valence-corrected chi connectivity index (χ0v) is 15.6. The van der Waals surface area contributed by atoms with Gasteiger partial charge in [-0.05, 0) is 60.1 Å². The van der Waals surface area contributed by atoms with E-state index in [4.69, 9.17) is 0 Å². The van der Waals surface area contributed by atoms with Crippen molar-refractivity contribution < 1.29 is 22.0 Å². The second-order valence-corrected chi connectivity index (χ2v) is 6.80. The average molecular weight is 402 g/mol. The molecule has 29 heavy (non-hydrogen) atoms. The van der Waals surface area contributed by atoms with Gasteiger partial charge in [-0.2, -0.15) is 0 Å². The van der Waals surface area contributed by atoms with Crippen molar-refractivity contribution in [1.82, 2.24) is 0 Å². The van der Waals surface area contributed by atoms with Crippen LogP contribution in [-0.2, 0) is 19.3 Å². The Kier molecular flexibility index (Phi) is 6.47. The highest BCUT2D eigenvalue weighted by atomic mass is 19.2. The van der Waals surface area contributed by atoms with E-state index in [1.807, 2.05) is 0 Å². The number of hydrogen-bond donors (Lipinski definition) is 0. The molecule has 0 fully saturated rings. The fourth-order valence-corrected chi connectivity index (χ4v) is 3.16. The molecular weight excluding hydrogens is 383 g/mol. The standard InChI is InChI=1S/C24H19F5/c1-2-3-4-18-11-12-19(23(28)22(18)27)17-9-7-15(8-10-17)5-6-16-13-20(25)24(29)21(26)14-16/h2,7-14H,1,3-6H2. The number of rotatable bonds is 7. The van der Waals surface area contributed by atoms with E-state index in [2.05, 4.69) is 6.58 Å². The summed E-state index contributed by atoms with van der Waals surface area (Å²) in [5.41, 5.74) is 2.19. The normalized spacial score (nSPS) is 10.9. The van der Waals surface area contributed by atoms with Crippen molar-refractivity contribution >= 4 is 0 Å². The van der Waals surface area contributed by atoms with E-state index in [-0.39, 0.29) is 5.56 Å². The first-order chi connectivity index (χ1) is 13.9. The van der Waals surface area contributed by atoms with Crippen molar-refractivity contribution in [2.24, 2.45) is 0 Å². The van der Waals surface area contributed by atoms with Crippen LogP contribution in [0.3, 0.4) is 0 Å². The molecule has 5 heteroatoms. The number of aryl methyl sites for hydroxylation is 3. The second-order valence-electron chi connectivity index (χ2n) is 6.80. The van der Waals surface area contributed by atoms with Gasteiger partial charge >= 0.3 is 0 Å². The van der Waals surface area contributed by atoms with E-state index in [1.165, 1.54) is 0 Å². The van der Waals surface area contributed by atoms with E-state index in [9.17, 15) is 22.0 Å². The maximum atomic E-state index is 14.5. The van der Waals surface area contributed by atoms with Crippen LogP contribution in [0.25, 0.3) is 11.1 Å². The molecule has 0 aliphatic rings. The van der Waals surface area contributed by atoms with Crippen LogP contribution in [0.2, 0.25) is 0 Å². The Hall–Kier alpha value is -2.95. The van der Waals surface area contributed by atoms with E-state index < -0.39 is 29.1 Å². The van der Waals surface area contributed by atoms with E-state index in [1.54, 1.807) is 42.5 Å². The van der Waals surface area contributed by atoms with Crippen LogP contribution in [0.1, 0.15) is 23.1 Å². The first kappa shape index (κ1) is 20.8. The lowest BCUT2D eigenvalue weighted by molar-refractivity contribution is 0.445. The molecule has 0 aliphatic heterocycles. The SMILES string of the molecule is C=CCCc1ccc(-c2ccc(CCc3cc(F)c(F)c(F)c3)cc2)c(F)c1F. The summed E-state index contributed by atoms with van der Waals surface area (Å²) in [4.78, 5) is 0. The molecule has 0 radical (unpaired) electrons. The van der Waals surface area contributed by atoms with Gasteiger partial charge < -0.3 is 0 Å². The van der Waals surface area contributed by atoms with Crippen LogP contribution < -0.4 is 0 Å². The topological polar surface area (TPSA) is 0 Å². The monoisotopic (exact) mass is 402 g/mol. The minimum atomic E-state index is -1.48. The highest BCUT2D eigenvalue weighted by molar-refractivity contribution is 5.65. The van der Waals surface area contributed by atoms with Crippen LogP contribution >= 0.6 is 0 Å². The Labute approximate surface area is 166 Å². The zero-order chi connectivity index (χ0) is 21.0. The van der Waals surface area contributed by atoms with Gasteiger partial charge in [0.1, 0.15) is 0 Å². The van der Waals surface area contributed by atoms with Crippen LogP contribution in [0, 0.1) is 29.1 Å². The zero-order valence-electron chi connectivity index (χ0n) is 15.6. The van der Waals surface area contributed by atoms with E-state index in [0.717, 1.165) is 17.7 Å². The molecule has 0 saturated carbocycles. The van der Waals surface area contributed by atoms with Crippen molar-refractivity contribution in [1.29, 1.82) is 0 Å². The first-order valence-corrected chi connectivity index (χ1v) is 9.21. The molecule has 0 heterocycles. The summed E-state index contributed by atoms with van der Waals surface area (Å²) in [6.45, 7) is 3.58. The van der Waals surface area contributed by atoms with Gasteiger partial charge in [-0.15, -0.1) is 6.58 Å². The van der Waals surface area contributed by atoms with E-state index >= 15 is 0 Å². The lowest BCUT2D eigenvalue weighted by atomic mass is 9.98. The third-order valence-corrected chi connectivity index (χ3v) is 4.79. The summed E-state index contributed by atoms with van der Waals surface area (Å²) in [5.74, 6) is -5.66. The van der Waals surface area contributed by atoms with Crippen molar-refractivity contribution in [3.63, 3.8) is 0 Å². The highest BCUT2D eigenvalue weighted by Gasteiger charge is 2.14. The van der Waals surface area contributed by atoms with Gasteiger partial charge in [-0.1, -0.05) is 42.5 Å². The maximum Gasteiger partial charge on any atom is 0.194 e. The van der Waals surface area contributed by atoms with Crippen molar-refractivity contribution in [3.05, 3.63) is 107 Å². The summed E-state index contributed by atoms with van der Waals surface area (Å²) in [6.07, 6.45) is 3.37. The third-order valence-electron chi connectivity index (χ3n) is 4.79. The van der Waals surface area contributed by atoms with Gasteiger partial charge in [0.15, 0.2) is 29.1 Å². The Morgan fingerprint density at radius 1 is 0.655 bits per heavy atom. The maximum absolute atomic E-state index is 14.5. The highest BCUT2D eigenvalue weighted by Crippen LogP contribution is 2.27. The molecule has 3 aromatic carbocycles. The lowest BCUT2D eigenvalue weighted by Crippen LogP contribution is -1.98. The molecule has 150 valence electrons. The Morgan fingerprint density at radius 3 is 1.90 bits per heavy atom. The molecule has 0 nitrogen and oxygen atoms in total. The molecule has 0 amide bonds. The third kappa shape index (κ3) is 4.73. The number of hydrogen-bond acceptors (Lipinski definition) is 0. The molecule has 0 spiro atoms. The van der Waals surface area contributed by atoms with Gasteiger partial charge in [0.25, 0.3) is 0 Å². The van der Waals surface area contributed by atoms with Crippen LogP contribution in [-0.4, -0.2) is 0 Å². The number of halogens is 5. The van der Waals surface area contributed by atoms with Crippen molar-refractivity contribution in [2.75, 3.05) is 0 Å². The summed E-state index contributed by atoms with van der Waals surface area (Å²) in [7, 11) is 0. The first-order valence-electron chi connectivity index (χ1n) is 9.21. The predicted octanol–water partition coefficient (Wildman–Crippen LogP) is 6.95. The minimum Gasteiger partial charge on any atom is -0.204 e. The molecule has 0 atom stereocenters. The summed E-state index contributed by atoms with van der Waals surface area (Å²) < 4.78 is 68.3. The predicted molar refractivity (Wildman–Crippen MR) is 104 cm³/mol. The minimum absolute atomic E-state index is 0.166. The largest absolute Gasteiger partial charge is 0.204 e. The van der Waals surface area contributed by atoms with E-state index in [0.29, 0.717) is 42.4 Å². The van der Waals surface area contributed by atoms with Crippen LogP contribution in [0.15, 0.2) is 61.2 Å². The fraction of sp³-hybridized carbons (Fsp3) is 0.167.